The largest absolute Gasteiger partial charge is 0.350 e. The first kappa shape index (κ1) is 21.2. The van der Waals surface area contributed by atoms with Gasteiger partial charge < -0.3 is 21.3 Å². The number of nitrogens with one attached hydrogen (secondary N) is 4. The lowest BCUT2D eigenvalue weighted by atomic mass is 10.2. The third kappa shape index (κ3) is 8.42. The Labute approximate surface area is 144 Å². The summed E-state index contributed by atoms with van der Waals surface area (Å²) in [5, 5.41) is 11.5. The molecule has 3 amide bonds. The maximum absolute atomic E-state index is 12.0. The van der Waals surface area contributed by atoms with E-state index in [0.717, 1.165) is 6.54 Å². The summed E-state index contributed by atoms with van der Waals surface area (Å²) in [4.78, 5) is 23.6. The summed E-state index contributed by atoms with van der Waals surface area (Å²) in [7, 11) is 0. The Morgan fingerprint density at radius 1 is 1.09 bits per heavy atom. The Morgan fingerprint density at radius 2 is 1.70 bits per heavy atom. The average molecular weight is 343 g/mol. The van der Waals surface area contributed by atoms with Crippen LogP contribution in [0, 0.1) is 0 Å². The molecule has 0 aromatic heterocycles. The van der Waals surface area contributed by atoms with Gasteiger partial charge in [0.25, 0.3) is 5.91 Å². The molecule has 0 fully saturated rings. The average Bonchev–Trinajstić information content (AvgIpc) is 2.45. The van der Waals surface area contributed by atoms with Gasteiger partial charge in [-0.2, -0.15) is 0 Å². The number of amides is 3. The number of hydrogen-bond donors (Lipinski definition) is 4. The van der Waals surface area contributed by atoms with Crippen LogP contribution in [0.2, 0.25) is 0 Å². The third-order valence-corrected chi connectivity index (χ3v) is 2.95. The van der Waals surface area contributed by atoms with Crippen LogP contribution in [0.4, 0.5) is 10.5 Å². The zero-order valence-electron chi connectivity index (χ0n) is 14.1. The lowest BCUT2D eigenvalue weighted by Gasteiger charge is -2.13. The van der Waals surface area contributed by atoms with Crippen LogP contribution in [0.3, 0.4) is 0 Å². The molecule has 0 radical (unpaired) electrons. The van der Waals surface area contributed by atoms with Gasteiger partial charge in [-0.05, 0) is 51.6 Å². The van der Waals surface area contributed by atoms with Crippen molar-refractivity contribution in [2.45, 2.75) is 39.8 Å². The molecule has 0 spiro atoms. The van der Waals surface area contributed by atoms with Crippen molar-refractivity contribution in [3.8, 4) is 0 Å². The van der Waals surface area contributed by atoms with Gasteiger partial charge in [-0.15, -0.1) is 12.4 Å². The Balaban J connectivity index is 0.00000484. The molecular weight excluding hydrogens is 316 g/mol. The molecule has 4 N–H and O–H groups in total. The molecule has 0 heterocycles. The Kier molecular flexibility index (Phi) is 10.0. The van der Waals surface area contributed by atoms with E-state index in [-0.39, 0.29) is 36.4 Å². The van der Waals surface area contributed by atoms with E-state index in [2.05, 4.69) is 21.3 Å². The molecule has 1 aromatic carbocycles. The van der Waals surface area contributed by atoms with Crippen molar-refractivity contribution in [1.29, 1.82) is 0 Å². The number of benzene rings is 1. The van der Waals surface area contributed by atoms with Crippen molar-refractivity contribution in [2.75, 3.05) is 18.4 Å². The van der Waals surface area contributed by atoms with Gasteiger partial charge in [0.2, 0.25) is 0 Å². The van der Waals surface area contributed by atoms with E-state index in [1.807, 2.05) is 27.7 Å². The van der Waals surface area contributed by atoms with Gasteiger partial charge >= 0.3 is 6.03 Å². The quantitative estimate of drug-likeness (QED) is 0.614. The fourth-order valence-electron chi connectivity index (χ4n) is 1.90. The number of rotatable bonds is 7. The van der Waals surface area contributed by atoms with Crippen molar-refractivity contribution >= 4 is 30.0 Å². The molecule has 23 heavy (non-hydrogen) atoms. The molecule has 1 rings (SSSR count). The highest BCUT2D eigenvalue weighted by Gasteiger charge is 2.08. The van der Waals surface area contributed by atoms with Gasteiger partial charge in [0.15, 0.2) is 0 Å². The molecule has 0 aliphatic heterocycles. The second kappa shape index (κ2) is 10.9. The lowest BCUT2D eigenvalue weighted by molar-refractivity contribution is 0.0950. The first-order valence-corrected chi connectivity index (χ1v) is 7.61. The number of carbonyl (C=O) groups excluding carboxylic acids is 2. The fraction of sp³-hybridized carbons (Fsp3) is 0.500. The minimum absolute atomic E-state index is 0. The predicted octanol–water partition coefficient (Wildman–Crippen LogP) is 2.37. The Hall–Kier alpha value is -1.79. The molecule has 1 aromatic rings. The summed E-state index contributed by atoms with van der Waals surface area (Å²) >= 11 is 0. The highest BCUT2D eigenvalue weighted by Crippen LogP contribution is 2.09. The van der Waals surface area contributed by atoms with Crippen molar-refractivity contribution in [3.05, 3.63) is 29.8 Å². The summed E-state index contributed by atoms with van der Waals surface area (Å²) in [6.45, 7) is 9.27. The van der Waals surface area contributed by atoms with Gasteiger partial charge in [0, 0.05) is 29.9 Å². The van der Waals surface area contributed by atoms with Crippen molar-refractivity contribution in [1.82, 2.24) is 16.0 Å². The minimum Gasteiger partial charge on any atom is -0.350 e. The van der Waals surface area contributed by atoms with E-state index >= 15 is 0 Å². The second-order valence-corrected chi connectivity index (χ2v) is 5.50. The fourth-order valence-corrected chi connectivity index (χ4v) is 1.90. The number of anilines is 1. The molecule has 0 aliphatic rings. The minimum atomic E-state index is -0.258. The maximum atomic E-state index is 12.0. The first-order chi connectivity index (χ1) is 10.4. The van der Waals surface area contributed by atoms with E-state index < -0.39 is 0 Å². The van der Waals surface area contributed by atoms with E-state index in [0.29, 0.717) is 17.8 Å². The van der Waals surface area contributed by atoms with Crippen LogP contribution < -0.4 is 21.3 Å². The summed E-state index contributed by atoms with van der Waals surface area (Å²) in [5.41, 5.74) is 1.22. The van der Waals surface area contributed by atoms with Gasteiger partial charge in [0.05, 0.1) is 0 Å². The monoisotopic (exact) mass is 342 g/mol. The SMILES string of the molecule is CCN[C@H](C)CNC(=O)c1ccc(NC(=O)NC(C)C)cc1.Cl. The zero-order chi connectivity index (χ0) is 16.5. The van der Waals surface area contributed by atoms with Gasteiger partial charge in [0.1, 0.15) is 0 Å². The number of likely N-dealkylation sites (N-methyl/N-ethyl adjacent to an activating group) is 1. The standard InChI is InChI=1S/C16H26N4O2.ClH/c1-5-17-12(4)10-18-15(21)13-6-8-14(9-7-13)20-16(22)19-11(2)3;/h6-9,11-12,17H,5,10H2,1-4H3,(H,18,21)(H2,19,20,22);1H/t12-;/m1./s1. The van der Waals surface area contributed by atoms with Crippen molar-refractivity contribution < 1.29 is 9.59 Å². The second-order valence-electron chi connectivity index (χ2n) is 5.50. The molecule has 0 unspecified atom stereocenters. The highest BCUT2D eigenvalue weighted by atomic mass is 35.5. The van der Waals surface area contributed by atoms with Gasteiger partial charge in [-0.1, -0.05) is 6.92 Å². The molecule has 0 saturated carbocycles. The molecular formula is C16H27ClN4O2. The molecule has 130 valence electrons. The topological polar surface area (TPSA) is 82.3 Å². The van der Waals surface area contributed by atoms with Crippen LogP contribution in [0.5, 0.6) is 0 Å². The first-order valence-electron chi connectivity index (χ1n) is 7.61. The molecule has 0 bridgehead atoms. The van der Waals surface area contributed by atoms with Crippen LogP contribution in [0.25, 0.3) is 0 Å². The van der Waals surface area contributed by atoms with Crippen LogP contribution in [0.15, 0.2) is 24.3 Å². The van der Waals surface area contributed by atoms with E-state index in [9.17, 15) is 9.59 Å². The molecule has 1 atom stereocenters. The smallest absolute Gasteiger partial charge is 0.319 e. The van der Waals surface area contributed by atoms with Crippen LogP contribution in [-0.4, -0.2) is 37.1 Å². The van der Waals surface area contributed by atoms with E-state index in [1.165, 1.54) is 0 Å². The summed E-state index contributed by atoms with van der Waals surface area (Å²) in [5.74, 6) is -0.122. The normalized spacial score (nSPS) is 11.3. The Morgan fingerprint density at radius 3 is 2.22 bits per heavy atom. The molecule has 0 aliphatic carbocycles. The predicted molar refractivity (Wildman–Crippen MR) is 96.5 cm³/mol. The number of urea groups is 1. The van der Waals surface area contributed by atoms with Gasteiger partial charge in [-0.25, -0.2) is 4.79 Å². The van der Waals surface area contributed by atoms with Crippen LogP contribution in [-0.2, 0) is 0 Å². The molecule has 7 heteroatoms. The Bertz CT molecular complexity index is 491. The molecule has 6 nitrogen and oxygen atoms in total. The highest BCUT2D eigenvalue weighted by molar-refractivity contribution is 5.95. The summed E-state index contributed by atoms with van der Waals surface area (Å²) in [6.07, 6.45) is 0. The van der Waals surface area contributed by atoms with Crippen LogP contribution >= 0.6 is 12.4 Å². The van der Waals surface area contributed by atoms with Crippen molar-refractivity contribution in [2.24, 2.45) is 0 Å². The number of carbonyl (C=O) groups is 2. The zero-order valence-corrected chi connectivity index (χ0v) is 14.9. The summed E-state index contributed by atoms with van der Waals surface area (Å²) < 4.78 is 0. The van der Waals surface area contributed by atoms with Gasteiger partial charge in [-0.3, -0.25) is 4.79 Å². The summed E-state index contributed by atoms with van der Waals surface area (Å²) in [6, 6.07) is 6.85. The van der Waals surface area contributed by atoms with E-state index in [4.69, 9.17) is 0 Å². The molecule has 0 saturated heterocycles. The third-order valence-electron chi connectivity index (χ3n) is 2.95. The number of hydrogen-bond acceptors (Lipinski definition) is 3. The van der Waals surface area contributed by atoms with Crippen LogP contribution in [0.1, 0.15) is 38.1 Å². The van der Waals surface area contributed by atoms with E-state index in [1.54, 1.807) is 24.3 Å². The lowest BCUT2D eigenvalue weighted by Crippen LogP contribution is -2.38. The van der Waals surface area contributed by atoms with Crippen molar-refractivity contribution in [3.63, 3.8) is 0 Å². The number of halogens is 1. The maximum Gasteiger partial charge on any atom is 0.319 e.